The smallest absolute Gasteiger partial charge is 0.257 e. The quantitative estimate of drug-likeness (QED) is 0.816. The number of nitrogens with zero attached hydrogens (tertiary/aromatic N) is 3. The van der Waals surface area contributed by atoms with Crippen LogP contribution in [0, 0.1) is 6.92 Å². The van der Waals surface area contributed by atoms with E-state index in [-0.39, 0.29) is 5.91 Å². The fraction of sp³-hybridized carbons (Fsp3) is 0.667. The summed E-state index contributed by atoms with van der Waals surface area (Å²) in [5, 5.41) is 7.48. The second kappa shape index (κ2) is 4.87. The first-order valence-electron chi connectivity index (χ1n) is 6.08. The van der Waals surface area contributed by atoms with Gasteiger partial charge in [-0.2, -0.15) is 5.10 Å². The van der Waals surface area contributed by atoms with Crippen molar-refractivity contribution in [3.63, 3.8) is 0 Å². The van der Waals surface area contributed by atoms with Gasteiger partial charge < -0.3 is 10.2 Å². The van der Waals surface area contributed by atoms with Crippen LogP contribution in [0.1, 0.15) is 28.9 Å². The molecule has 5 nitrogen and oxygen atoms in total. The molecule has 1 aliphatic rings. The monoisotopic (exact) mass is 236 g/mol. The Kier molecular flexibility index (Phi) is 3.47. The average molecular weight is 236 g/mol. The third-order valence-corrected chi connectivity index (χ3v) is 3.43. The molecule has 1 amide bonds. The zero-order chi connectivity index (χ0) is 12.4. The highest BCUT2D eigenvalue weighted by Gasteiger charge is 2.24. The van der Waals surface area contributed by atoms with Crippen LogP contribution in [0.15, 0.2) is 6.20 Å². The maximum atomic E-state index is 12.3. The highest BCUT2D eigenvalue weighted by Crippen LogP contribution is 2.15. The lowest BCUT2D eigenvalue weighted by Crippen LogP contribution is -2.44. The van der Waals surface area contributed by atoms with E-state index >= 15 is 0 Å². The minimum absolute atomic E-state index is 0.116. The molecule has 1 aliphatic heterocycles. The summed E-state index contributed by atoms with van der Waals surface area (Å²) in [5.41, 5.74) is 1.55. The summed E-state index contributed by atoms with van der Waals surface area (Å²) >= 11 is 0. The third kappa shape index (κ3) is 2.49. The maximum absolute atomic E-state index is 12.3. The van der Waals surface area contributed by atoms with Gasteiger partial charge in [-0.05, 0) is 26.8 Å². The van der Waals surface area contributed by atoms with Gasteiger partial charge in [0, 0.05) is 32.4 Å². The van der Waals surface area contributed by atoms with Crippen LogP contribution in [0.2, 0.25) is 0 Å². The lowest BCUT2D eigenvalue weighted by atomic mass is 10.0. The summed E-state index contributed by atoms with van der Waals surface area (Å²) in [5.74, 6) is 0.116. The second-order valence-electron chi connectivity index (χ2n) is 4.66. The van der Waals surface area contributed by atoms with Crippen LogP contribution >= 0.6 is 0 Å². The van der Waals surface area contributed by atoms with Gasteiger partial charge in [0.15, 0.2) is 0 Å². The van der Waals surface area contributed by atoms with Crippen LogP contribution in [-0.2, 0) is 7.05 Å². The van der Waals surface area contributed by atoms with E-state index in [0.717, 1.165) is 37.2 Å². The Balaban J connectivity index is 2.04. The number of aromatic nitrogens is 2. The minimum atomic E-state index is 0.116. The van der Waals surface area contributed by atoms with Gasteiger partial charge in [0.1, 0.15) is 0 Å². The van der Waals surface area contributed by atoms with Gasteiger partial charge in [-0.25, -0.2) is 0 Å². The lowest BCUT2D eigenvalue weighted by Gasteiger charge is -2.31. The summed E-state index contributed by atoms with van der Waals surface area (Å²) in [7, 11) is 3.82. The second-order valence-corrected chi connectivity index (χ2v) is 4.66. The fourth-order valence-corrected chi connectivity index (χ4v) is 2.35. The van der Waals surface area contributed by atoms with Gasteiger partial charge in [-0.15, -0.1) is 0 Å². The molecule has 2 heterocycles. The van der Waals surface area contributed by atoms with Crippen molar-refractivity contribution < 1.29 is 4.79 Å². The summed E-state index contributed by atoms with van der Waals surface area (Å²) in [6.07, 6.45) is 3.87. The maximum Gasteiger partial charge on any atom is 0.257 e. The predicted octanol–water partition coefficient (Wildman–Crippen LogP) is 0.553. The Morgan fingerprint density at radius 2 is 2.12 bits per heavy atom. The first kappa shape index (κ1) is 12.1. The van der Waals surface area contributed by atoms with Crippen molar-refractivity contribution in [2.24, 2.45) is 7.05 Å². The molecule has 0 aliphatic carbocycles. The molecule has 1 N–H and O–H groups in total. The van der Waals surface area contributed by atoms with Crippen LogP contribution in [0.5, 0.6) is 0 Å². The molecule has 0 unspecified atom stereocenters. The summed E-state index contributed by atoms with van der Waals surface area (Å²) < 4.78 is 1.70. The molecule has 17 heavy (non-hydrogen) atoms. The van der Waals surface area contributed by atoms with Crippen molar-refractivity contribution in [3.8, 4) is 0 Å². The van der Waals surface area contributed by atoms with E-state index in [4.69, 9.17) is 0 Å². The van der Waals surface area contributed by atoms with Crippen molar-refractivity contribution >= 4 is 5.91 Å². The van der Waals surface area contributed by atoms with Gasteiger partial charge in [0.25, 0.3) is 5.91 Å². The first-order chi connectivity index (χ1) is 8.11. The molecule has 1 fully saturated rings. The third-order valence-electron chi connectivity index (χ3n) is 3.43. The normalized spacial score (nSPS) is 17.5. The van der Waals surface area contributed by atoms with Crippen LogP contribution in [-0.4, -0.2) is 46.8 Å². The van der Waals surface area contributed by atoms with Gasteiger partial charge in [-0.1, -0.05) is 0 Å². The van der Waals surface area contributed by atoms with Crippen molar-refractivity contribution in [2.75, 3.05) is 20.1 Å². The molecule has 0 bridgehead atoms. The zero-order valence-electron chi connectivity index (χ0n) is 10.7. The highest BCUT2D eigenvalue weighted by molar-refractivity contribution is 5.95. The molecule has 0 spiro atoms. The van der Waals surface area contributed by atoms with Crippen LogP contribution in [0.3, 0.4) is 0 Å². The van der Waals surface area contributed by atoms with Crippen molar-refractivity contribution in [1.82, 2.24) is 20.0 Å². The lowest BCUT2D eigenvalue weighted by molar-refractivity contribution is 0.0706. The van der Waals surface area contributed by atoms with Crippen LogP contribution < -0.4 is 5.32 Å². The van der Waals surface area contributed by atoms with Crippen LogP contribution in [0.25, 0.3) is 0 Å². The van der Waals surface area contributed by atoms with Gasteiger partial charge in [0.05, 0.1) is 11.3 Å². The number of carbonyl (C=O) groups excluding carboxylic acids is 1. The standard InChI is InChI=1S/C12H20N4O/c1-9-11(8-15(3)14-9)12(17)16-6-4-10(13-2)5-7-16/h8,10,13H,4-7H2,1-3H3. The largest absolute Gasteiger partial charge is 0.338 e. The number of aryl methyl sites for hydroxylation is 2. The molecule has 2 rings (SSSR count). The molecule has 0 saturated carbocycles. The van der Waals surface area contributed by atoms with E-state index in [1.165, 1.54) is 0 Å². The molecular weight excluding hydrogens is 216 g/mol. The summed E-state index contributed by atoms with van der Waals surface area (Å²) in [4.78, 5) is 14.2. The molecule has 0 aromatic carbocycles. The molecule has 94 valence electrons. The molecule has 0 radical (unpaired) electrons. The number of nitrogens with one attached hydrogen (secondary N) is 1. The van der Waals surface area contributed by atoms with Gasteiger partial charge in [0.2, 0.25) is 0 Å². The van der Waals surface area contributed by atoms with E-state index in [2.05, 4.69) is 10.4 Å². The molecular formula is C12H20N4O. The Morgan fingerprint density at radius 3 is 2.59 bits per heavy atom. The van der Waals surface area contributed by atoms with Crippen molar-refractivity contribution in [3.05, 3.63) is 17.5 Å². The average Bonchev–Trinajstić information content (AvgIpc) is 2.68. The number of piperidine rings is 1. The van der Waals surface area contributed by atoms with E-state index in [1.54, 1.807) is 4.68 Å². The minimum Gasteiger partial charge on any atom is -0.338 e. The van der Waals surface area contributed by atoms with E-state index in [0.29, 0.717) is 6.04 Å². The molecule has 5 heteroatoms. The van der Waals surface area contributed by atoms with E-state index in [9.17, 15) is 4.79 Å². The van der Waals surface area contributed by atoms with Crippen molar-refractivity contribution in [1.29, 1.82) is 0 Å². The van der Waals surface area contributed by atoms with E-state index < -0.39 is 0 Å². The fourth-order valence-electron chi connectivity index (χ4n) is 2.35. The summed E-state index contributed by atoms with van der Waals surface area (Å²) in [6.45, 7) is 3.55. The number of amides is 1. The highest BCUT2D eigenvalue weighted by atomic mass is 16.2. The first-order valence-corrected chi connectivity index (χ1v) is 6.08. The number of rotatable bonds is 2. The topological polar surface area (TPSA) is 50.2 Å². The number of hydrogen-bond acceptors (Lipinski definition) is 3. The van der Waals surface area contributed by atoms with Gasteiger partial charge in [-0.3, -0.25) is 9.48 Å². The number of carbonyl (C=O) groups is 1. The van der Waals surface area contributed by atoms with Crippen molar-refractivity contribution in [2.45, 2.75) is 25.8 Å². The Labute approximate surface area is 102 Å². The Morgan fingerprint density at radius 1 is 1.47 bits per heavy atom. The Hall–Kier alpha value is -1.36. The Bertz CT molecular complexity index is 405. The SMILES string of the molecule is CNC1CCN(C(=O)c2cn(C)nc2C)CC1. The molecule has 1 saturated heterocycles. The molecule has 1 aromatic rings. The zero-order valence-corrected chi connectivity index (χ0v) is 10.7. The molecule has 0 atom stereocenters. The van der Waals surface area contributed by atoms with E-state index in [1.807, 2.05) is 32.1 Å². The van der Waals surface area contributed by atoms with Crippen LogP contribution in [0.4, 0.5) is 0 Å². The summed E-state index contributed by atoms with van der Waals surface area (Å²) in [6, 6.07) is 0.550. The van der Waals surface area contributed by atoms with Gasteiger partial charge >= 0.3 is 0 Å². The number of likely N-dealkylation sites (tertiary alicyclic amines) is 1. The predicted molar refractivity (Wildman–Crippen MR) is 65.9 cm³/mol. The number of hydrogen-bond donors (Lipinski definition) is 1. The molecule has 1 aromatic heterocycles.